The fraction of sp³-hybridized carbons (Fsp3) is 0. The minimum absolute atomic E-state index is 0.0208. The van der Waals surface area contributed by atoms with Crippen molar-refractivity contribution >= 4 is 28.3 Å². The first kappa shape index (κ1) is 9.65. The molecule has 1 aromatic heterocycles. The summed E-state index contributed by atoms with van der Waals surface area (Å²) in [4.78, 5) is 25.7. The molecule has 2 heterocycles. The standard InChI is InChI=1S/C12H8N2O3/c15-10-9(11(16)14-12(10)17)7-5-13-8-4-2-1-3-6(7)8/h1-5,13H,(H2,14,15,16,17). The van der Waals surface area contributed by atoms with Gasteiger partial charge >= 0.3 is 0 Å². The Balaban J connectivity index is 2.29. The highest BCUT2D eigenvalue weighted by atomic mass is 16.3. The molecule has 1 aliphatic rings. The van der Waals surface area contributed by atoms with Gasteiger partial charge in [0.25, 0.3) is 11.8 Å². The SMILES string of the molecule is O=C1NC(=O)C(c2c[nH]c3ccccc23)=C1O. The number of rotatable bonds is 1. The minimum Gasteiger partial charge on any atom is -0.502 e. The number of aliphatic hydroxyl groups is 1. The van der Waals surface area contributed by atoms with Crippen molar-refractivity contribution in [2.45, 2.75) is 0 Å². The number of imide groups is 1. The van der Waals surface area contributed by atoms with Crippen LogP contribution < -0.4 is 5.32 Å². The highest BCUT2D eigenvalue weighted by Gasteiger charge is 2.32. The number of hydrogen-bond acceptors (Lipinski definition) is 3. The maximum absolute atomic E-state index is 11.6. The average Bonchev–Trinajstić information content (AvgIpc) is 2.82. The van der Waals surface area contributed by atoms with E-state index >= 15 is 0 Å². The second-order valence-corrected chi connectivity index (χ2v) is 3.75. The van der Waals surface area contributed by atoms with Gasteiger partial charge in [-0.3, -0.25) is 14.9 Å². The first-order chi connectivity index (χ1) is 8.18. The molecule has 0 bridgehead atoms. The number of amides is 2. The normalized spacial score (nSPS) is 15.8. The number of carbonyl (C=O) groups excluding carboxylic acids is 2. The van der Waals surface area contributed by atoms with Crippen LogP contribution in [0.3, 0.4) is 0 Å². The second-order valence-electron chi connectivity index (χ2n) is 3.75. The Hall–Kier alpha value is -2.56. The van der Waals surface area contributed by atoms with Crippen molar-refractivity contribution in [1.29, 1.82) is 0 Å². The van der Waals surface area contributed by atoms with E-state index in [9.17, 15) is 14.7 Å². The van der Waals surface area contributed by atoms with Gasteiger partial charge in [0.15, 0.2) is 5.76 Å². The summed E-state index contributed by atoms with van der Waals surface area (Å²) >= 11 is 0. The minimum atomic E-state index is -0.754. The van der Waals surface area contributed by atoms with E-state index in [1.54, 1.807) is 6.20 Å². The van der Waals surface area contributed by atoms with Crippen LogP contribution in [0.1, 0.15) is 5.56 Å². The fourth-order valence-corrected chi connectivity index (χ4v) is 1.97. The molecule has 0 fully saturated rings. The van der Waals surface area contributed by atoms with E-state index in [-0.39, 0.29) is 5.57 Å². The average molecular weight is 228 g/mol. The fourth-order valence-electron chi connectivity index (χ4n) is 1.97. The van der Waals surface area contributed by atoms with Crippen molar-refractivity contribution in [3.05, 3.63) is 41.8 Å². The van der Waals surface area contributed by atoms with Gasteiger partial charge in [-0.2, -0.15) is 0 Å². The third kappa shape index (κ3) is 1.25. The summed E-state index contributed by atoms with van der Waals surface area (Å²) in [6.07, 6.45) is 1.61. The monoisotopic (exact) mass is 228 g/mol. The predicted molar refractivity (Wildman–Crippen MR) is 61.0 cm³/mol. The molecule has 0 radical (unpaired) electrons. The number of benzene rings is 1. The molecule has 0 saturated heterocycles. The molecule has 0 saturated carbocycles. The Kier molecular flexibility index (Phi) is 1.82. The van der Waals surface area contributed by atoms with Crippen LogP contribution in [0.4, 0.5) is 0 Å². The van der Waals surface area contributed by atoms with Crippen molar-refractivity contribution in [1.82, 2.24) is 10.3 Å². The summed E-state index contributed by atoms with van der Waals surface area (Å²) in [5, 5.41) is 12.4. The Morgan fingerprint density at radius 3 is 2.53 bits per heavy atom. The number of hydrogen-bond donors (Lipinski definition) is 3. The number of fused-ring (bicyclic) bond motifs is 1. The van der Waals surface area contributed by atoms with Gasteiger partial charge in [-0.1, -0.05) is 18.2 Å². The number of aromatic nitrogens is 1. The van der Waals surface area contributed by atoms with Crippen LogP contribution in [0.2, 0.25) is 0 Å². The van der Waals surface area contributed by atoms with Crippen molar-refractivity contribution in [2.24, 2.45) is 0 Å². The molecular weight excluding hydrogens is 220 g/mol. The molecule has 0 spiro atoms. The lowest BCUT2D eigenvalue weighted by Crippen LogP contribution is -2.22. The molecule has 17 heavy (non-hydrogen) atoms. The highest BCUT2D eigenvalue weighted by molar-refractivity contribution is 6.36. The van der Waals surface area contributed by atoms with Gasteiger partial charge in [0, 0.05) is 22.7 Å². The number of carbonyl (C=O) groups is 2. The highest BCUT2D eigenvalue weighted by Crippen LogP contribution is 2.29. The van der Waals surface area contributed by atoms with Crippen molar-refractivity contribution < 1.29 is 14.7 Å². The Labute approximate surface area is 95.8 Å². The van der Waals surface area contributed by atoms with Gasteiger partial charge in [0.1, 0.15) is 0 Å². The van der Waals surface area contributed by atoms with Crippen LogP contribution in [0, 0.1) is 0 Å². The molecule has 5 nitrogen and oxygen atoms in total. The molecule has 1 aliphatic heterocycles. The van der Waals surface area contributed by atoms with E-state index in [0.717, 1.165) is 10.9 Å². The van der Waals surface area contributed by atoms with E-state index in [1.807, 2.05) is 24.3 Å². The van der Waals surface area contributed by atoms with Crippen LogP contribution in [-0.4, -0.2) is 21.9 Å². The van der Waals surface area contributed by atoms with Crippen LogP contribution in [0.5, 0.6) is 0 Å². The Morgan fingerprint density at radius 1 is 1.06 bits per heavy atom. The summed E-state index contributed by atoms with van der Waals surface area (Å²) in [6, 6.07) is 7.35. The zero-order valence-corrected chi connectivity index (χ0v) is 8.65. The van der Waals surface area contributed by atoms with Crippen molar-refractivity contribution in [3.8, 4) is 0 Å². The quantitative estimate of drug-likeness (QED) is 0.639. The topological polar surface area (TPSA) is 82.2 Å². The summed E-state index contributed by atoms with van der Waals surface area (Å²) in [6.45, 7) is 0. The Bertz CT molecular complexity index is 682. The lowest BCUT2D eigenvalue weighted by molar-refractivity contribution is -0.124. The number of aliphatic hydroxyl groups excluding tert-OH is 1. The molecule has 0 aliphatic carbocycles. The van der Waals surface area contributed by atoms with E-state index in [2.05, 4.69) is 10.3 Å². The van der Waals surface area contributed by atoms with Gasteiger partial charge in [0.05, 0.1) is 5.57 Å². The number of aromatic amines is 1. The zero-order valence-electron chi connectivity index (χ0n) is 8.65. The molecule has 3 N–H and O–H groups in total. The van der Waals surface area contributed by atoms with Crippen LogP contribution in [0.25, 0.3) is 16.5 Å². The first-order valence-corrected chi connectivity index (χ1v) is 5.04. The number of para-hydroxylation sites is 1. The molecule has 1 aromatic carbocycles. The van der Waals surface area contributed by atoms with Crippen LogP contribution in [0.15, 0.2) is 36.2 Å². The van der Waals surface area contributed by atoms with Gasteiger partial charge in [-0.05, 0) is 6.07 Å². The molecule has 84 valence electrons. The van der Waals surface area contributed by atoms with Crippen molar-refractivity contribution in [3.63, 3.8) is 0 Å². The van der Waals surface area contributed by atoms with Crippen molar-refractivity contribution in [2.75, 3.05) is 0 Å². The molecule has 0 unspecified atom stereocenters. The lowest BCUT2D eigenvalue weighted by Gasteiger charge is -1.97. The van der Waals surface area contributed by atoms with E-state index in [1.165, 1.54) is 0 Å². The van der Waals surface area contributed by atoms with E-state index < -0.39 is 17.6 Å². The maximum Gasteiger partial charge on any atom is 0.293 e. The maximum atomic E-state index is 11.6. The summed E-state index contributed by atoms with van der Waals surface area (Å²) in [7, 11) is 0. The molecule has 2 amide bonds. The summed E-state index contributed by atoms with van der Waals surface area (Å²) < 4.78 is 0. The molecule has 2 aromatic rings. The third-order valence-corrected chi connectivity index (χ3v) is 2.76. The van der Waals surface area contributed by atoms with Crippen LogP contribution >= 0.6 is 0 Å². The first-order valence-electron chi connectivity index (χ1n) is 5.04. The second kappa shape index (κ2) is 3.21. The number of nitrogens with one attached hydrogen (secondary N) is 2. The zero-order chi connectivity index (χ0) is 12.0. The molecule has 3 rings (SSSR count). The van der Waals surface area contributed by atoms with E-state index in [4.69, 9.17) is 0 Å². The van der Waals surface area contributed by atoms with Gasteiger partial charge in [0.2, 0.25) is 0 Å². The predicted octanol–water partition coefficient (Wildman–Crippen LogP) is 1.09. The molecular formula is C12H8N2O3. The van der Waals surface area contributed by atoms with Gasteiger partial charge in [-0.25, -0.2) is 0 Å². The van der Waals surface area contributed by atoms with E-state index in [0.29, 0.717) is 5.56 Å². The lowest BCUT2D eigenvalue weighted by atomic mass is 10.0. The van der Waals surface area contributed by atoms with Gasteiger partial charge < -0.3 is 10.1 Å². The van der Waals surface area contributed by atoms with Gasteiger partial charge in [-0.15, -0.1) is 0 Å². The summed E-state index contributed by atoms with van der Waals surface area (Å²) in [5.74, 6) is -1.85. The smallest absolute Gasteiger partial charge is 0.293 e. The number of H-pyrrole nitrogens is 1. The largest absolute Gasteiger partial charge is 0.502 e. The van der Waals surface area contributed by atoms with Crippen LogP contribution in [-0.2, 0) is 9.59 Å². The third-order valence-electron chi connectivity index (χ3n) is 2.76. The molecule has 5 heteroatoms. The molecule has 0 atom stereocenters. The summed E-state index contributed by atoms with van der Waals surface area (Å²) in [5.41, 5.74) is 1.39. The Morgan fingerprint density at radius 2 is 1.82 bits per heavy atom.